The number of aliphatic carboxylic acids is 1. The molecule has 2 aromatic rings. The second-order valence-corrected chi connectivity index (χ2v) is 6.38. The van der Waals surface area contributed by atoms with Crippen LogP contribution in [0.15, 0.2) is 23.6 Å². The minimum Gasteiger partial charge on any atom is -0.481 e. The zero-order valence-corrected chi connectivity index (χ0v) is 13.8. The van der Waals surface area contributed by atoms with Crippen molar-refractivity contribution in [3.05, 3.63) is 44.3 Å². The van der Waals surface area contributed by atoms with Crippen molar-refractivity contribution in [1.82, 2.24) is 4.98 Å². The van der Waals surface area contributed by atoms with Gasteiger partial charge in [0.2, 0.25) is 5.91 Å². The highest BCUT2D eigenvalue weighted by atomic mass is 35.5. The second-order valence-electron chi connectivity index (χ2n) is 4.62. The van der Waals surface area contributed by atoms with Crippen molar-refractivity contribution in [2.24, 2.45) is 0 Å². The number of rotatable bonds is 5. The van der Waals surface area contributed by atoms with Crippen molar-refractivity contribution in [1.29, 1.82) is 0 Å². The molecule has 0 aliphatic carbocycles. The van der Waals surface area contributed by atoms with Gasteiger partial charge in [0.25, 0.3) is 0 Å². The first-order valence-corrected chi connectivity index (χ1v) is 7.91. The van der Waals surface area contributed by atoms with E-state index in [1.807, 2.05) is 0 Å². The predicted octanol–water partition coefficient (Wildman–Crippen LogP) is 3.82. The fraction of sp³-hybridized carbons (Fsp3) is 0.214. The Kier molecular flexibility index (Phi) is 5.39. The molecular formula is C14H12Cl2N2O3S. The smallest absolute Gasteiger partial charge is 0.309 e. The van der Waals surface area contributed by atoms with Crippen molar-refractivity contribution in [3.8, 4) is 0 Å². The highest BCUT2D eigenvalue weighted by molar-refractivity contribution is 7.09. The lowest BCUT2D eigenvalue weighted by Crippen LogP contribution is -2.18. The van der Waals surface area contributed by atoms with Crippen LogP contribution >= 0.6 is 34.5 Å². The number of carboxylic acids is 1. The number of benzene rings is 1. The van der Waals surface area contributed by atoms with E-state index in [4.69, 9.17) is 28.3 Å². The molecule has 2 N–H and O–H groups in total. The van der Waals surface area contributed by atoms with Crippen LogP contribution in [0.25, 0.3) is 0 Å². The van der Waals surface area contributed by atoms with Gasteiger partial charge >= 0.3 is 5.97 Å². The summed E-state index contributed by atoms with van der Waals surface area (Å²) in [5, 5.41) is 14.5. The van der Waals surface area contributed by atoms with Gasteiger partial charge in [-0.2, -0.15) is 0 Å². The average Bonchev–Trinajstić information content (AvgIpc) is 2.84. The van der Waals surface area contributed by atoms with Gasteiger partial charge in [0, 0.05) is 21.1 Å². The molecule has 0 saturated heterocycles. The summed E-state index contributed by atoms with van der Waals surface area (Å²) in [6.07, 6.45) is -0.158. The van der Waals surface area contributed by atoms with Gasteiger partial charge < -0.3 is 10.4 Å². The van der Waals surface area contributed by atoms with E-state index in [9.17, 15) is 9.59 Å². The quantitative estimate of drug-likeness (QED) is 0.851. The van der Waals surface area contributed by atoms with Gasteiger partial charge in [-0.15, -0.1) is 11.3 Å². The van der Waals surface area contributed by atoms with Crippen LogP contribution in [-0.2, 0) is 16.0 Å². The molecule has 0 spiro atoms. The summed E-state index contributed by atoms with van der Waals surface area (Å²) >= 11 is 13.0. The van der Waals surface area contributed by atoms with E-state index in [1.165, 1.54) is 11.3 Å². The summed E-state index contributed by atoms with van der Waals surface area (Å²) < 4.78 is 0. The number of nitrogens with zero attached hydrogens (tertiary/aromatic N) is 1. The van der Waals surface area contributed by atoms with Crippen LogP contribution in [0.1, 0.15) is 23.5 Å². The van der Waals surface area contributed by atoms with E-state index in [0.717, 1.165) is 0 Å². The molecule has 1 atom stereocenters. The number of aromatic nitrogens is 1. The van der Waals surface area contributed by atoms with Crippen molar-refractivity contribution >= 4 is 52.1 Å². The molecule has 0 aliphatic rings. The maximum absolute atomic E-state index is 12.2. The fourth-order valence-corrected chi connectivity index (χ4v) is 3.15. The number of halogens is 2. The summed E-state index contributed by atoms with van der Waals surface area (Å²) in [7, 11) is 0. The summed E-state index contributed by atoms with van der Waals surface area (Å²) in [6, 6.07) is 4.76. The molecule has 22 heavy (non-hydrogen) atoms. The molecule has 1 unspecified atom stereocenters. The number of hydrogen-bond acceptors (Lipinski definition) is 4. The number of nitrogens with one attached hydrogen (secondary N) is 1. The molecule has 5 nitrogen and oxygen atoms in total. The van der Waals surface area contributed by atoms with Gasteiger partial charge in [-0.1, -0.05) is 23.2 Å². The number of hydrogen-bond donors (Lipinski definition) is 2. The van der Waals surface area contributed by atoms with E-state index in [1.54, 1.807) is 30.5 Å². The first-order chi connectivity index (χ1) is 10.3. The third-order valence-corrected chi connectivity index (χ3v) is 4.31. The Balaban J connectivity index is 2.08. The Morgan fingerprint density at radius 3 is 2.55 bits per heavy atom. The molecule has 0 saturated carbocycles. The van der Waals surface area contributed by atoms with Crippen LogP contribution in [0.2, 0.25) is 10.0 Å². The number of carbonyl (C=O) groups is 2. The molecule has 0 radical (unpaired) electrons. The molecular weight excluding hydrogens is 347 g/mol. The number of carbonyl (C=O) groups excluding carboxylic acids is 1. The molecule has 1 amide bonds. The van der Waals surface area contributed by atoms with Crippen LogP contribution in [0.5, 0.6) is 0 Å². The Morgan fingerprint density at radius 1 is 1.32 bits per heavy atom. The maximum Gasteiger partial charge on any atom is 0.309 e. The van der Waals surface area contributed by atoms with Gasteiger partial charge in [0.1, 0.15) is 5.01 Å². The molecule has 0 fully saturated rings. The number of carboxylic acid groups (broad SMARTS) is 1. The van der Waals surface area contributed by atoms with Gasteiger partial charge in [-0.05, 0) is 25.1 Å². The van der Waals surface area contributed by atoms with Crippen molar-refractivity contribution < 1.29 is 14.7 Å². The molecule has 1 aromatic heterocycles. The first-order valence-electron chi connectivity index (χ1n) is 6.28. The van der Waals surface area contributed by atoms with E-state index in [-0.39, 0.29) is 12.3 Å². The van der Waals surface area contributed by atoms with Crippen LogP contribution in [0.4, 0.5) is 5.69 Å². The van der Waals surface area contributed by atoms with Crippen molar-refractivity contribution in [3.63, 3.8) is 0 Å². The van der Waals surface area contributed by atoms with E-state index in [0.29, 0.717) is 26.4 Å². The molecule has 8 heteroatoms. The highest BCUT2D eigenvalue weighted by Gasteiger charge is 2.20. The minimum absolute atomic E-state index is 0.158. The Labute approximate surface area is 140 Å². The van der Waals surface area contributed by atoms with Crippen LogP contribution < -0.4 is 5.32 Å². The topological polar surface area (TPSA) is 79.3 Å². The normalized spacial score (nSPS) is 12.0. The molecule has 0 bridgehead atoms. The average molecular weight is 359 g/mol. The van der Waals surface area contributed by atoms with E-state index in [2.05, 4.69) is 10.3 Å². The Bertz CT molecular complexity index is 698. The minimum atomic E-state index is -0.956. The third kappa shape index (κ3) is 4.43. The van der Waals surface area contributed by atoms with Crippen LogP contribution in [-0.4, -0.2) is 22.0 Å². The Hall–Kier alpha value is -1.63. The fourth-order valence-electron chi connectivity index (χ4n) is 1.75. The highest BCUT2D eigenvalue weighted by Crippen LogP contribution is 2.25. The van der Waals surface area contributed by atoms with Gasteiger partial charge in [-0.25, -0.2) is 4.98 Å². The third-order valence-electron chi connectivity index (χ3n) is 2.80. The summed E-state index contributed by atoms with van der Waals surface area (Å²) in [5.74, 6) is -1.73. The largest absolute Gasteiger partial charge is 0.481 e. The first kappa shape index (κ1) is 16.7. The van der Waals surface area contributed by atoms with Crippen molar-refractivity contribution in [2.75, 3.05) is 5.32 Å². The zero-order valence-electron chi connectivity index (χ0n) is 11.5. The molecule has 2 rings (SSSR count). The number of thiazole rings is 1. The summed E-state index contributed by atoms with van der Waals surface area (Å²) in [5.41, 5.74) is 0.939. The monoisotopic (exact) mass is 358 g/mol. The molecule has 1 aromatic carbocycles. The van der Waals surface area contributed by atoms with Crippen molar-refractivity contribution in [2.45, 2.75) is 19.3 Å². The van der Waals surface area contributed by atoms with Gasteiger partial charge in [0.15, 0.2) is 0 Å². The predicted molar refractivity (Wildman–Crippen MR) is 87.0 cm³/mol. The lowest BCUT2D eigenvalue weighted by molar-refractivity contribution is -0.136. The number of amides is 1. The standard InChI is InChI=1S/C14H12Cl2N2O3S/c1-7(14-18-11(6-22-14)5-12(19)20)13(21)17-10-3-8(15)2-9(16)4-10/h2-4,6-7H,5H2,1H3,(H,17,21)(H,19,20). The summed E-state index contributed by atoms with van der Waals surface area (Å²) in [4.78, 5) is 27.0. The maximum atomic E-state index is 12.2. The Morgan fingerprint density at radius 2 is 1.95 bits per heavy atom. The summed E-state index contributed by atoms with van der Waals surface area (Å²) in [6.45, 7) is 1.70. The van der Waals surface area contributed by atoms with Crippen LogP contribution in [0.3, 0.4) is 0 Å². The number of anilines is 1. The van der Waals surface area contributed by atoms with E-state index < -0.39 is 11.9 Å². The van der Waals surface area contributed by atoms with Crippen LogP contribution in [0, 0.1) is 0 Å². The lowest BCUT2D eigenvalue weighted by Gasteiger charge is -2.10. The van der Waals surface area contributed by atoms with E-state index >= 15 is 0 Å². The second kappa shape index (κ2) is 7.09. The lowest BCUT2D eigenvalue weighted by atomic mass is 10.1. The van der Waals surface area contributed by atoms with Gasteiger partial charge in [0.05, 0.1) is 18.0 Å². The molecule has 1 heterocycles. The van der Waals surface area contributed by atoms with Gasteiger partial charge in [-0.3, -0.25) is 9.59 Å². The molecule has 116 valence electrons. The zero-order chi connectivity index (χ0) is 16.3. The molecule has 0 aliphatic heterocycles. The SMILES string of the molecule is CC(C(=O)Nc1cc(Cl)cc(Cl)c1)c1nc(CC(=O)O)cs1.